The van der Waals surface area contributed by atoms with Crippen LogP contribution in [0, 0.1) is 5.41 Å². The molecule has 0 aliphatic heterocycles. The summed E-state index contributed by atoms with van der Waals surface area (Å²) in [6.07, 6.45) is 3.09. The molecule has 1 saturated carbocycles. The highest BCUT2D eigenvalue weighted by Crippen LogP contribution is 2.42. The molecule has 1 aromatic heterocycles. The topological polar surface area (TPSA) is 39.1 Å². The number of halogens is 1. The molecule has 0 amide bonds. The molecule has 96 valence electrons. The van der Waals surface area contributed by atoms with Crippen molar-refractivity contribution in [1.82, 2.24) is 14.9 Å². The van der Waals surface area contributed by atoms with Gasteiger partial charge in [-0.15, -0.1) is 0 Å². The molecule has 1 fully saturated rings. The van der Waals surface area contributed by atoms with Crippen molar-refractivity contribution in [2.24, 2.45) is 12.5 Å². The summed E-state index contributed by atoms with van der Waals surface area (Å²) in [4.78, 5) is 4.27. The van der Waals surface area contributed by atoms with Gasteiger partial charge in [0, 0.05) is 25.6 Å². The summed E-state index contributed by atoms with van der Waals surface area (Å²) in [6.45, 7) is 5.20. The Balaban J connectivity index is 1.90. The molecule has 1 aliphatic carbocycles. The molecule has 0 bridgehead atoms. The first-order valence-electron chi connectivity index (χ1n) is 5.89. The van der Waals surface area contributed by atoms with Crippen molar-refractivity contribution in [3.05, 3.63) is 17.2 Å². The third-order valence-corrected chi connectivity index (χ3v) is 4.35. The predicted octanol–water partition coefficient (Wildman–Crippen LogP) is 1.98. The molecular weight excluding hydrogens is 238 g/mol. The fraction of sp³-hybridized carbons (Fsp3) is 0.750. The quantitative estimate of drug-likeness (QED) is 0.897. The van der Waals surface area contributed by atoms with Crippen LogP contribution < -0.4 is 5.32 Å². The van der Waals surface area contributed by atoms with Crippen molar-refractivity contribution in [1.29, 1.82) is 0 Å². The van der Waals surface area contributed by atoms with E-state index in [1.165, 1.54) is 0 Å². The van der Waals surface area contributed by atoms with E-state index in [1.807, 2.05) is 11.6 Å². The lowest BCUT2D eigenvalue weighted by molar-refractivity contribution is -0.0980. The molecule has 5 heteroatoms. The van der Waals surface area contributed by atoms with Crippen LogP contribution in [0.2, 0.25) is 5.15 Å². The van der Waals surface area contributed by atoms with E-state index in [-0.39, 0.29) is 5.41 Å². The lowest BCUT2D eigenvalue weighted by Crippen LogP contribution is -2.60. The minimum atomic E-state index is 0.184. The first-order valence-corrected chi connectivity index (χ1v) is 6.27. The largest absolute Gasteiger partial charge is 0.381 e. The molecule has 2 rings (SSSR count). The lowest BCUT2D eigenvalue weighted by Gasteiger charge is -2.51. The Bertz CT molecular complexity index is 402. The zero-order chi connectivity index (χ0) is 12.6. The molecule has 2 unspecified atom stereocenters. The second-order valence-corrected chi connectivity index (χ2v) is 5.66. The van der Waals surface area contributed by atoms with Gasteiger partial charge >= 0.3 is 0 Å². The molecule has 1 aromatic rings. The Labute approximate surface area is 107 Å². The number of hydrogen-bond acceptors (Lipinski definition) is 3. The number of nitrogens with one attached hydrogen (secondary N) is 1. The molecule has 1 heterocycles. The number of hydrogen-bond donors (Lipinski definition) is 1. The second-order valence-electron chi connectivity index (χ2n) is 5.27. The average molecular weight is 258 g/mol. The number of nitrogens with zero attached hydrogens (tertiary/aromatic N) is 2. The van der Waals surface area contributed by atoms with Crippen LogP contribution in [0.5, 0.6) is 0 Å². The normalized spacial score (nSPS) is 26.9. The molecule has 17 heavy (non-hydrogen) atoms. The van der Waals surface area contributed by atoms with Crippen LogP contribution in [0.15, 0.2) is 6.20 Å². The van der Waals surface area contributed by atoms with Gasteiger partial charge < -0.3 is 14.6 Å². The highest BCUT2D eigenvalue weighted by molar-refractivity contribution is 6.29. The summed E-state index contributed by atoms with van der Waals surface area (Å²) in [7, 11) is 3.71. The van der Waals surface area contributed by atoms with Gasteiger partial charge in [-0.25, -0.2) is 4.98 Å². The van der Waals surface area contributed by atoms with E-state index in [2.05, 4.69) is 24.1 Å². The molecular formula is C12H20ClN3O. The fourth-order valence-electron chi connectivity index (χ4n) is 2.43. The molecule has 4 nitrogen and oxygen atoms in total. The Morgan fingerprint density at radius 1 is 1.65 bits per heavy atom. The molecule has 2 atom stereocenters. The Morgan fingerprint density at radius 3 is 2.82 bits per heavy atom. The van der Waals surface area contributed by atoms with Gasteiger partial charge in [0.25, 0.3) is 0 Å². The van der Waals surface area contributed by atoms with Crippen LogP contribution in [0.3, 0.4) is 0 Å². The average Bonchev–Trinajstić information content (AvgIpc) is 2.59. The monoisotopic (exact) mass is 257 g/mol. The zero-order valence-electron chi connectivity index (χ0n) is 10.8. The van der Waals surface area contributed by atoms with Crippen molar-refractivity contribution in [2.45, 2.75) is 39.0 Å². The SMILES string of the molecule is COC1CC(NCc2ncc(Cl)n2C)C1(C)C. The maximum absolute atomic E-state index is 5.95. The molecule has 0 aromatic carbocycles. The van der Waals surface area contributed by atoms with E-state index >= 15 is 0 Å². The third-order valence-electron chi connectivity index (χ3n) is 4.00. The third kappa shape index (κ3) is 2.21. The van der Waals surface area contributed by atoms with Gasteiger partial charge in [-0.3, -0.25) is 0 Å². The number of imidazole rings is 1. The summed E-state index contributed by atoms with van der Waals surface area (Å²) in [6, 6.07) is 0.475. The van der Waals surface area contributed by atoms with Gasteiger partial charge in [0.1, 0.15) is 11.0 Å². The van der Waals surface area contributed by atoms with Crippen LogP contribution in [0.25, 0.3) is 0 Å². The summed E-state index contributed by atoms with van der Waals surface area (Å²) < 4.78 is 7.33. The number of rotatable bonds is 4. The van der Waals surface area contributed by atoms with Crippen LogP contribution in [-0.4, -0.2) is 28.8 Å². The first kappa shape index (κ1) is 12.9. The van der Waals surface area contributed by atoms with E-state index in [9.17, 15) is 0 Å². The highest BCUT2D eigenvalue weighted by atomic mass is 35.5. The molecule has 0 spiro atoms. The Morgan fingerprint density at radius 2 is 2.35 bits per heavy atom. The second kappa shape index (κ2) is 4.59. The maximum Gasteiger partial charge on any atom is 0.128 e. The van der Waals surface area contributed by atoms with E-state index in [0.29, 0.717) is 17.3 Å². The van der Waals surface area contributed by atoms with E-state index in [4.69, 9.17) is 16.3 Å². The minimum absolute atomic E-state index is 0.184. The maximum atomic E-state index is 5.95. The van der Waals surface area contributed by atoms with Crippen molar-refractivity contribution in [3.8, 4) is 0 Å². The summed E-state index contributed by atoms with van der Waals surface area (Å²) >= 11 is 5.95. The van der Waals surface area contributed by atoms with Crippen LogP contribution in [-0.2, 0) is 18.3 Å². The van der Waals surface area contributed by atoms with Gasteiger partial charge in [-0.2, -0.15) is 0 Å². The number of aromatic nitrogens is 2. The van der Waals surface area contributed by atoms with Crippen molar-refractivity contribution < 1.29 is 4.74 Å². The Hall–Kier alpha value is -0.580. The number of ether oxygens (including phenoxy) is 1. The molecule has 1 N–H and O–H groups in total. The van der Waals surface area contributed by atoms with E-state index in [0.717, 1.165) is 18.8 Å². The zero-order valence-corrected chi connectivity index (χ0v) is 11.6. The highest BCUT2D eigenvalue weighted by Gasteiger charge is 2.48. The minimum Gasteiger partial charge on any atom is -0.381 e. The Kier molecular flexibility index (Phi) is 3.48. The first-order chi connectivity index (χ1) is 7.96. The van der Waals surface area contributed by atoms with Gasteiger partial charge in [0.15, 0.2) is 0 Å². The van der Waals surface area contributed by atoms with Gasteiger partial charge in [0.2, 0.25) is 0 Å². The van der Waals surface area contributed by atoms with Gasteiger partial charge in [0.05, 0.1) is 18.8 Å². The molecule has 0 radical (unpaired) electrons. The van der Waals surface area contributed by atoms with Crippen LogP contribution in [0.1, 0.15) is 26.1 Å². The van der Waals surface area contributed by atoms with Crippen molar-refractivity contribution >= 4 is 11.6 Å². The van der Waals surface area contributed by atoms with Gasteiger partial charge in [-0.1, -0.05) is 25.4 Å². The van der Waals surface area contributed by atoms with Crippen molar-refractivity contribution in [3.63, 3.8) is 0 Å². The van der Waals surface area contributed by atoms with E-state index < -0.39 is 0 Å². The lowest BCUT2D eigenvalue weighted by atomic mass is 9.64. The van der Waals surface area contributed by atoms with Crippen molar-refractivity contribution in [2.75, 3.05) is 7.11 Å². The molecule has 1 aliphatic rings. The summed E-state index contributed by atoms with van der Waals surface area (Å²) in [5.74, 6) is 0.965. The molecule has 0 saturated heterocycles. The van der Waals surface area contributed by atoms with Crippen LogP contribution >= 0.6 is 11.6 Å². The fourth-order valence-corrected chi connectivity index (χ4v) is 2.58. The smallest absolute Gasteiger partial charge is 0.128 e. The standard InChI is InChI=1S/C12H20ClN3O/c1-12(2)8(5-9(12)17-4)14-7-11-15-6-10(13)16(11)3/h6,8-9,14H,5,7H2,1-4H3. The van der Waals surface area contributed by atoms with Crippen LogP contribution in [0.4, 0.5) is 0 Å². The number of methoxy groups -OCH3 is 1. The van der Waals surface area contributed by atoms with E-state index in [1.54, 1.807) is 13.3 Å². The summed E-state index contributed by atoms with van der Waals surface area (Å²) in [5, 5.41) is 4.19. The van der Waals surface area contributed by atoms with Gasteiger partial charge in [-0.05, 0) is 6.42 Å². The predicted molar refractivity (Wildman–Crippen MR) is 68.0 cm³/mol. The summed E-state index contributed by atoms with van der Waals surface area (Å²) in [5.41, 5.74) is 0.184.